The van der Waals surface area contributed by atoms with Gasteiger partial charge in [-0.1, -0.05) is 6.08 Å². The third-order valence-electron chi connectivity index (χ3n) is 2.96. The molecule has 1 amide bonds. The van der Waals surface area contributed by atoms with Gasteiger partial charge in [-0.25, -0.2) is 8.42 Å². The Hall–Kier alpha value is -0.590. The molecule has 0 spiro atoms. The Labute approximate surface area is 101 Å². The number of nitrogens with one attached hydrogen (secondary N) is 1. The molecule has 16 heavy (non-hydrogen) atoms. The molecule has 2 saturated carbocycles. The number of rotatable bonds is 4. The molecule has 0 saturated heterocycles. The van der Waals surface area contributed by atoms with Crippen molar-refractivity contribution in [3.05, 3.63) is 12.7 Å². The summed E-state index contributed by atoms with van der Waals surface area (Å²) >= 11 is 0. The van der Waals surface area contributed by atoms with Gasteiger partial charge in [0.2, 0.25) is 10.0 Å². The number of carbonyl (C=O) groups is 1. The van der Waals surface area contributed by atoms with Crippen LogP contribution in [0.15, 0.2) is 12.7 Å². The largest absolute Gasteiger partial charge is 0.317 e. The summed E-state index contributed by atoms with van der Waals surface area (Å²) in [6.07, 6.45) is 3.32. The number of amides is 1. The number of hydrogen-bond acceptors (Lipinski definition) is 4. The molecular weight excluding hydrogens is 252 g/mol. The summed E-state index contributed by atoms with van der Waals surface area (Å²) < 4.78 is 25.0. The van der Waals surface area contributed by atoms with Crippen molar-refractivity contribution in [2.24, 2.45) is 11.7 Å². The molecule has 0 bridgehead atoms. The summed E-state index contributed by atoms with van der Waals surface area (Å²) in [7, 11) is -3.47. The number of sulfonamides is 1. The van der Waals surface area contributed by atoms with Crippen LogP contribution in [-0.2, 0) is 14.8 Å². The van der Waals surface area contributed by atoms with E-state index in [0.29, 0.717) is 19.3 Å². The molecule has 92 valence electrons. The van der Waals surface area contributed by atoms with Gasteiger partial charge in [-0.05, 0) is 19.3 Å². The lowest BCUT2D eigenvalue weighted by atomic mass is 10.2. The molecule has 5 nitrogen and oxygen atoms in total. The van der Waals surface area contributed by atoms with E-state index in [0.717, 1.165) is 0 Å². The van der Waals surface area contributed by atoms with Gasteiger partial charge < -0.3 is 5.73 Å². The van der Waals surface area contributed by atoms with Crippen LogP contribution in [0, 0.1) is 5.92 Å². The molecule has 0 aromatic heterocycles. The first-order chi connectivity index (χ1) is 6.90. The van der Waals surface area contributed by atoms with Crippen molar-refractivity contribution in [2.75, 3.05) is 0 Å². The van der Waals surface area contributed by atoms with Gasteiger partial charge in [-0.3, -0.25) is 9.52 Å². The second-order valence-corrected chi connectivity index (χ2v) is 6.22. The fraction of sp³-hybridized carbons (Fsp3) is 0.667. The summed E-state index contributed by atoms with van der Waals surface area (Å²) in [5.41, 5.74) is 4.67. The normalized spacial score (nSPS) is 32.4. The lowest BCUT2D eigenvalue weighted by molar-refractivity contribution is -0.121. The van der Waals surface area contributed by atoms with Crippen molar-refractivity contribution in [3.63, 3.8) is 0 Å². The zero-order chi connectivity index (χ0) is 11.3. The number of hydrogen-bond donors (Lipinski definition) is 2. The molecule has 3 N–H and O–H groups in total. The zero-order valence-corrected chi connectivity index (χ0v) is 10.3. The van der Waals surface area contributed by atoms with Crippen LogP contribution >= 0.6 is 12.4 Å². The second-order valence-electron chi connectivity index (χ2n) is 4.26. The maximum Gasteiger partial charge on any atom is 0.254 e. The Morgan fingerprint density at radius 2 is 2.06 bits per heavy atom. The maximum absolute atomic E-state index is 11.6. The molecule has 2 aliphatic carbocycles. The smallest absolute Gasteiger partial charge is 0.254 e. The van der Waals surface area contributed by atoms with E-state index in [1.165, 1.54) is 0 Å². The third-order valence-corrected chi connectivity index (χ3v) is 4.78. The summed E-state index contributed by atoms with van der Waals surface area (Å²) in [5, 5.41) is -0.397. The van der Waals surface area contributed by atoms with Crippen LogP contribution in [0.2, 0.25) is 0 Å². The van der Waals surface area contributed by atoms with Crippen molar-refractivity contribution < 1.29 is 13.2 Å². The molecule has 2 fully saturated rings. The van der Waals surface area contributed by atoms with E-state index in [4.69, 9.17) is 5.73 Å². The van der Waals surface area contributed by atoms with Crippen LogP contribution in [0.4, 0.5) is 0 Å². The van der Waals surface area contributed by atoms with Crippen LogP contribution in [0.25, 0.3) is 0 Å². The molecule has 0 heterocycles. The van der Waals surface area contributed by atoms with Crippen molar-refractivity contribution in [1.29, 1.82) is 0 Å². The highest BCUT2D eigenvalue weighted by molar-refractivity contribution is 7.90. The Balaban J connectivity index is 0.00000128. The molecule has 0 aromatic carbocycles. The quantitative estimate of drug-likeness (QED) is 0.697. The van der Waals surface area contributed by atoms with Crippen LogP contribution < -0.4 is 10.5 Å². The topological polar surface area (TPSA) is 89.3 Å². The molecule has 2 aliphatic rings. The minimum absolute atomic E-state index is 0. The van der Waals surface area contributed by atoms with Gasteiger partial charge in [0.05, 0.1) is 5.25 Å². The van der Waals surface area contributed by atoms with Crippen molar-refractivity contribution in [3.8, 4) is 0 Å². The average molecular weight is 267 g/mol. The van der Waals surface area contributed by atoms with Crippen molar-refractivity contribution >= 4 is 28.3 Å². The lowest BCUT2D eigenvalue weighted by Crippen LogP contribution is -2.47. The van der Waals surface area contributed by atoms with Gasteiger partial charge in [0.1, 0.15) is 5.54 Å². The van der Waals surface area contributed by atoms with Crippen LogP contribution in [0.3, 0.4) is 0 Å². The Bertz CT molecular complexity index is 418. The Morgan fingerprint density at radius 3 is 2.44 bits per heavy atom. The summed E-state index contributed by atoms with van der Waals surface area (Å²) in [5.74, 6) is -0.703. The average Bonchev–Trinajstić information content (AvgIpc) is 2.97. The van der Waals surface area contributed by atoms with Crippen LogP contribution in [0.5, 0.6) is 0 Å². The minimum Gasteiger partial charge on any atom is -0.317 e. The van der Waals surface area contributed by atoms with Gasteiger partial charge >= 0.3 is 0 Å². The Morgan fingerprint density at radius 1 is 1.50 bits per heavy atom. The number of nitrogens with two attached hydrogens (primary N) is 1. The van der Waals surface area contributed by atoms with Gasteiger partial charge in [0, 0.05) is 5.92 Å². The third kappa shape index (κ3) is 2.23. The standard InChI is InChI=1S/C9H14N2O3S.ClH/c1-2-6-5-9(6,10)8(12)11-15(13,14)7-3-4-7;/h2,6-7H,1,3-5,10H2,(H,11,12);1H/t6-,9?;/m1./s1. The molecule has 7 heteroatoms. The molecule has 1 unspecified atom stereocenters. The van der Waals surface area contributed by atoms with E-state index in [2.05, 4.69) is 6.58 Å². The van der Waals surface area contributed by atoms with E-state index < -0.39 is 26.7 Å². The van der Waals surface area contributed by atoms with Gasteiger partial charge in [-0.15, -0.1) is 19.0 Å². The van der Waals surface area contributed by atoms with E-state index in [-0.39, 0.29) is 18.3 Å². The van der Waals surface area contributed by atoms with E-state index >= 15 is 0 Å². The van der Waals surface area contributed by atoms with Gasteiger partial charge in [0.25, 0.3) is 5.91 Å². The maximum atomic E-state index is 11.6. The number of halogens is 1. The predicted molar refractivity (Wildman–Crippen MR) is 62.6 cm³/mol. The Kier molecular flexibility index (Phi) is 3.38. The molecular formula is C9H15ClN2O3S. The van der Waals surface area contributed by atoms with Gasteiger partial charge in [0.15, 0.2) is 0 Å². The summed E-state index contributed by atoms with van der Waals surface area (Å²) in [6.45, 7) is 3.54. The fourth-order valence-corrected chi connectivity index (χ4v) is 2.92. The molecule has 2 atom stereocenters. The van der Waals surface area contributed by atoms with Crippen LogP contribution in [0.1, 0.15) is 19.3 Å². The molecule has 0 aliphatic heterocycles. The summed E-state index contributed by atoms with van der Waals surface area (Å²) in [6, 6.07) is 0. The highest BCUT2D eigenvalue weighted by Gasteiger charge is 2.56. The van der Waals surface area contributed by atoms with Crippen LogP contribution in [-0.4, -0.2) is 25.1 Å². The molecule has 2 rings (SSSR count). The zero-order valence-electron chi connectivity index (χ0n) is 8.68. The van der Waals surface area contributed by atoms with E-state index in [1.54, 1.807) is 6.08 Å². The first-order valence-electron chi connectivity index (χ1n) is 4.87. The minimum atomic E-state index is -3.47. The monoisotopic (exact) mass is 266 g/mol. The van der Waals surface area contributed by atoms with E-state index in [9.17, 15) is 13.2 Å². The fourth-order valence-electron chi connectivity index (χ4n) is 1.55. The highest BCUT2D eigenvalue weighted by Crippen LogP contribution is 2.42. The first-order valence-corrected chi connectivity index (χ1v) is 6.42. The molecule has 0 radical (unpaired) electrons. The highest BCUT2D eigenvalue weighted by atomic mass is 35.5. The van der Waals surface area contributed by atoms with Crippen molar-refractivity contribution in [2.45, 2.75) is 30.1 Å². The SMILES string of the molecule is C=C[C@@H]1CC1(N)C(=O)NS(=O)(=O)C1CC1.Cl. The van der Waals surface area contributed by atoms with E-state index in [1.807, 2.05) is 4.72 Å². The number of carbonyl (C=O) groups excluding carboxylic acids is 1. The summed E-state index contributed by atoms with van der Waals surface area (Å²) in [4.78, 5) is 11.6. The predicted octanol–water partition coefficient (Wildman–Crippen LogP) is -0.0800. The lowest BCUT2D eigenvalue weighted by Gasteiger charge is -2.11. The first kappa shape index (κ1) is 13.5. The second kappa shape index (κ2) is 4.01. The van der Waals surface area contributed by atoms with Crippen molar-refractivity contribution in [1.82, 2.24) is 4.72 Å². The molecule has 0 aromatic rings. The van der Waals surface area contributed by atoms with Gasteiger partial charge in [-0.2, -0.15) is 0 Å².